The molecule has 1 unspecified atom stereocenters. The van der Waals surface area contributed by atoms with Crippen LogP contribution < -0.4 is 5.73 Å². The predicted octanol–water partition coefficient (Wildman–Crippen LogP) is 1.56. The van der Waals surface area contributed by atoms with E-state index in [-0.39, 0.29) is 5.15 Å². The largest absolute Gasteiger partial charge is 0.468 e. The normalized spacial score (nSPS) is 12.3. The summed E-state index contributed by atoms with van der Waals surface area (Å²) in [4.78, 5) is 14.9. The molecule has 6 heteroatoms. The molecule has 2 N–H and O–H groups in total. The number of esters is 1. The van der Waals surface area contributed by atoms with Gasteiger partial charge in [-0.2, -0.15) is 0 Å². The number of nitrogens with two attached hydrogens (primary N) is 1. The highest BCUT2D eigenvalue weighted by molar-refractivity contribution is 6.34. The Bertz CT molecular complexity index is 357. The van der Waals surface area contributed by atoms with Gasteiger partial charge in [-0.25, -0.2) is 4.98 Å². The summed E-state index contributed by atoms with van der Waals surface area (Å²) in [5.74, 6) is -0.573. The van der Waals surface area contributed by atoms with E-state index in [0.717, 1.165) is 0 Å². The van der Waals surface area contributed by atoms with Crippen molar-refractivity contribution in [2.45, 2.75) is 6.04 Å². The number of hydrogen-bond acceptors (Lipinski definition) is 4. The van der Waals surface area contributed by atoms with Gasteiger partial charge in [0.2, 0.25) is 0 Å². The first-order chi connectivity index (χ1) is 6.56. The van der Waals surface area contributed by atoms with Crippen LogP contribution in [0.15, 0.2) is 12.3 Å². The second-order valence-electron chi connectivity index (χ2n) is 2.53. The number of carbonyl (C=O) groups is 1. The quantitative estimate of drug-likeness (QED) is 0.624. The molecule has 0 aliphatic heterocycles. The second kappa shape index (κ2) is 4.59. The molecule has 0 spiro atoms. The topological polar surface area (TPSA) is 65.2 Å². The number of aromatic nitrogens is 1. The lowest BCUT2D eigenvalue weighted by Gasteiger charge is -2.10. The van der Waals surface area contributed by atoms with Crippen LogP contribution in [-0.4, -0.2) is 18.1 Å². The highest BCUT2D eigenvalue weighted by atomic mass is 35.5. The van der Waals surface area contributed by atoms with E-state index in [1.165, 1.54) is 19.4 Å². The molecule has 1 heterocycles. The molecule has 0 aliphatic rings. The van der Waals surface area contributed by atoms with E-state index in [9.17, 15) is 4.79 Å². The maximum Gasteiger partial charge on any atom is 0.327 e. The molecule has 1 aromatic rings. The van der Waals surface area contributed by atoms with Crippen LogP contribution in [-0.2, 0) is 9.53 Å². The van der Waals surface area contributed by atoms with Crippen LogP contribution in [0.1, 0.15) is 11.6 Å². The zero-order chi connectivity index (χ0) is 10.7. The highest BCUT2D eigenvalue weighted by Crippen LogP contribution is 2.23. The van der Waals surface area contributed by atoms with Crippen molar-refractivity contribution in [1.82, 2.24) is 4.98 Å². The fraction of sp³-hybridized carbons (Fsp3) is 0.250. The average molecular weight is 235 g/mol. The van der Waals surface area contributed by atoms with Gasteiger partial charge in [0.15, 0.2) is 0 Å². The van der Waals surface area contributed by atoms with E-state index in [0.29, 0.717) is 10.6 Å². The number of carbonyl (C=O) groups excluding carboxylic acids is 1. The lowest BCUT2D eigenvalue weighted by molar-refractivity contribution is -0.142. The Balaban J connectivity index is 3.01. The van der Waals surface area contributed by atoms with Crippen molar-refractivity contribution < 1.29 is 9.53 Å². The van der Waals surface area contributed by atoms with Crippen LogP contribution in [0.5, 0.6) is 0 Å². The maximum atomic E-state index is 11.1. The van der Waals surface area contributed by atoms with Crippen molar-refractivity contribution in [2.75, 3.05) is 7.11 Å². The summed E-state index contributed by atoms with van der Waals surface area (Å²) in [7, 11) is 1.25. The van der Waals surface area contributed by atoms with Crippen LogP contribution in [0.25, 0.3) is 0 Å². The van der Waals surface area contributed by atoms with Gasteiger partial charge in [-0.1, -0.05) is 23.2 Å². The number of pyridine rings is 1. The van der Waals surface area contributed by atoms with Crippen LogP contribution in [0.2, 0.25) is 10.2 Å². The molecule has 1 rings (SSSR count). The lowest BCUT2D eigenvalue weighted by Crippen LogP contribution is -2.23. The molecular formula is C8H8Cl2N2O2. The summed E-state index contributed by atoms with van der Waals surface area (Å²) in [6, 6.07) is 0.485. The zero-order valence-electron chi connectivity index (χ0n) is 7.33. The third-order valence-corrected chi connectivity index (χ3v) is 2.17. The monoisotopic (exact) mass is 234 g/mol. The van der Waals surface area contributed by atoms with E-state index in [1.807, 2.05) is 0 Å². The van der Waals surface area contributed by atoms with E-state index >= 15 is 0 Å². The summed E-state index contributed by atoms with van der Waals surface area (Å²) in [6.07, 6.45) is 1.35. The summed E-state index contributed by atoms with van der Waals surface area (Å²) >= 11 is 11.4. The molecule has 0 aromatic carbocycles. The lowest BCUT2D eigenvalue weighted by atomic mass is 10.1. The Morgan fingerprint density at radius 2 is 2.29 bits per heavy atom. The number of rotatable bonds is 2. The Hall–Kier alpha value is -0.840. The number of halogens is 2. The fourth-order valence-corrected chi connectivity index (χ4v) is 1.38. The SMILES string of the molecule is COC(=O)C(N)c1cnc(Cl)cc1Cl. The van der Waals surface area contributed by atoms with Crippen LogP contribution in [0.3, 0.4) is 0 Å². The van der Waals surface area contributed by atoms with Crippen LogP contribution in [0.4, 0.5) is 0 Å². The first-order valence-electron chi connectivity index (χ1n) is 3.70. The van der Waals surface area contributed by atoms with Crippen molar-refractivity contribution in [3.63, 3.8) is 0 Å². The number of hydrogen-bond donors (Lipinski definition) is 1. The second-order valence-corrected chi connectivity index (χ2v) is 3.32. The van der Waals surface area contributed by atoms with Gasteiger partial charge >= 0.3 is 5.97 Å². The standard InChI is InChI=1S/C8H8Cl2N2O2/c1-14-8(13)7(11)4-3-12-6(10)2-5(4)9/h2-3,7H,11H2,1H3. The van der Waals surface area contributed by atoms with Crippen molar-refractivity contribution >= 4 is 29.2 Å². The van der Waals surface area contributed by atoms with Crippen molar-refractivity contribution in [3.05, 3.63) is 28.0 Å². The molecule has 0 saturated heterocycles. The van der Waals surface area contributed by atoms with Gasteiger partial charge in [0.05, 0.1) is 12.1 Å². The van der Waals surface area contributed by atoms with Crippen molar-refractivity contribution in [2.24, 2.45) is 5.73 Å². The van der Waals surface area contributed by atoms with Gasteiger partial charge < -0.3 is 10.5 Å². The first-order valence-corrected chi connectivity index (χ1v) is 4.46. The predicted molar refractivity (Wildman–Crippen MR) is 53.2 cm³/mol. The molecule has 0 radical (unpaired) electrons. The summed E-state index contributed by atoms with van der Waals surface area (Å²) in [5, 5.41) is 0.540. The van der Waals surface area contributed by atoms with Gasteiger partial charge in [0.25, 0.3) is 0 Å². The van der Waals surface area contributed by atoms with Gasteiger partial charge in [-0.05, 0) is 6.07 Å². The molecule has 1 aromatic heterocycles. The molecule has 0 aliphatic carbocycles. The molecule has 1 atom stereocenters. The third kappa shape index (κ3) is 2.35. The minimum absolute atomic E-state index is 0.246. The van der Waals surface area contributed by atoms with E-state index < -0.39 is 12.0 Å². The zero-order valence-corrected chi connectivity index (χ0v) is 8.84. The Morgan fingerprint density at radius 1 is 1.64 bits per heavy atom. The maximum absolute atomic E-state index is 11.1. The van der Waals surface area contributed by atoms with E-state index in [4.69, 9.17) is 28.9 Å². The van der Waals surface area contributed by atoms with Crippen LogP contribution >= 0.6 is 23.2 Å². The van der Waals surface area contributed by atoms with Crippen LogP contribution in [0, 0.1) is 0 Å². The minimum Gasteiger partial charge on any atom is -0.468 e. The van der Waals surface area contributed by atoms with Crippen molar-refractivity contribution in [1.29, 1.82) is 0 Å². The van der Waals surface area contributed by atoms with Gasteiger partial charge in [0.1, 0.15) is 11.2 Å². The summed E-state index contributed by atoms with van der Waals surface area (Å²) < 4.78 is 4.47. The van der Waals surface area contributed by atoms with E-state index in [2.05, 4.69) is 9.72 Å². The molecule has 14 heavy (non-hydrogen) atoms. The Morgan fingerprint density at radius 3 is 2.79 bits per heavy atom. The molecule has 0 saturated carbocycles. The summed E-state index contributed by atoms with van der Waals surface area (Å²) in [6.45, 7) is 0. The molecule has 76 valence electrons. The number of methoxy groups -OCH3 is 1. The van der Waals surface area contributed by atoms with Gasteiger partial charge in [0, 0.05) is 11.8 Å². The average Bonchev–Trinajstić information content (AvgIpc) is 2.15. The van der Waals surface area contributed by atoms with Crippen molar-refractivity contribution in [3.8, 4) is 0 Å². The van der Waals surface area contributed by atoms with E-state index in [1.54, 1.807) is 0 Å². The third-order valence-electron chi connectivity index (χ3n) is 1.64. The Labute approximate surface area is 91.0 Å². The number of ether oxygens (including phenoxy) is 1. The molecular weight excluding hydrogens is 227 g/mol. The minimum atomic E-state index is -0.933. The first kappa shape index (κ1) is 11.2. The fourth-order valence-electron chi connectivity index (χ4n) is 0.901. The molecule has 4 nitrogen and oxygen atoms in total. The highest BCUT2D eigenvalue weighted by Gasteiger charge is 2.19. The Kier molecular flexibility index (Phi) is 3.69. The molecule has 0 fully saturated rings. The van der Waals surface area contributed by atoms with Gasteiger partial charge in [-0.3, -0.25) is 4.79 Å². The smallest absolute Gasteiger partial charge is 0.327 e. The molecule has 0 bridgehead atoms. The number of nitrogens with zero attached hydrogens (tertiary/aromatic N) is 1. The molecule has 0 amide bonds. The van der Waals surface area contributed by atoms with Gasteiger partial charge in [-0.15, -0.1) is 0 Å². The summed E-state index contributed by atoms with van der Waals surface area (Å²) in [5.41, 5.74) is 5.95.